The predicted octanol–water partition coefficient (Wildman–Crippen LogP) is 2.53. The maximum absolute atomic E-state index is 6.07. The van der Waals surface area contributed by atoms with Gasteiger partial charge < -0.3 is 16.8 Å². The van der Waals surface area contributed by atoms with Crippen molar-refractivity contribution in [3.8, 4) is 0 Å². The third-order valence-electron chi connectivity index (χ3n) is 2.55. The summed E-state index contributed by atoms with van der Waals surface area (Å²) in [5, 5.41) is 3.15. The second-order valence-corrected chi connectivity index (χ2v) is 4.16. The lowest BCUT2D eigenvalue weighted by Crippen LogP contribution is -2.10. The third kappa shape index (κ3) is 4.99. The summed E-state index contributed by atoms with van der Waals surface area (Å²) in [7, 11) is 0. The fourth-order valence-electron chi connectivity index (χ4n) is 1.64. The fraction of sp³-hybridized carbons (Fsp3) is 0.125. The van der Waals surface area contributed by atoms with Crippen molar-refractivity contribution in [3.05, 3.63) is 78.2 Å². The molecule has 1 heterocycles. The molecular formula is C16H21N5. The van der Waals surface area contributed by atoms with E-state index in [4.69, 9.17) is 11.5 Å². The summed E-state index contributed by atoms with van der Waals surface area (Å²) < 4.78 is 0. The first kappa shape index (κ1) is 16.2. The second-order valence-electron chi connectivity index (χ2n) is 4.16. The number of hydrogen-bond donors (Lipinski definition) is 3. The van der Waals surface area contributed by atoms with Crippen LogP contribution in [0, 0.1) is 6.92 Å². The Kier molecular flexibility index (Phi) is 6.47. The molecule has 5 heteroatoms. The van der Waals surface area contributed by atoms with E-state index < -0.39 is 0 Å². The molecule has 0 saturated heterocycles. The summed E-state index contributed by atoms with van der Waals surface area (Å²) in [6.07, 6.45) is 12.1. The topological polar surface area (TPSA) is 89.8 Å². The van der Waals surface area contributed by atoms with Gasteiger partial charge in [-0.05, 0) is 26.0 Å². The van der Waals surface area contributed by atoms with E-state index in [1.165, 1.54) is 6.20 Å². The first-order valence-electron chi connectivity index (χ1n) is 6.52. The summed E-state index contributed by atoms with van der Waals surface area (Å²) in [5.41, 5.74) is 13.8. The van der Waals surface area contributed by atoms with Gasteiger partial charge in [-0.3, -0.25) is 0 Å². The molecule has 0 aliphatic carbocycles. The van der Waals surface area contributed by atoms with Gasteiger partial charge in [-0.15, -0.1) is 0 Å². The SMILES string of the molecule is C=C\C=C/C(=C(N)\C=C/C)C(=C\N)/Nc1ccnc(C)n1. The average molecular weight is 283 g/mol. The van der Waals surface area contributed by atoms with Crippen LogP contribution >= 0.6 is 0 Å². The summed E-state index contributed by atoms with van der Waals surface area (Å²) in [6.45, 7) is 7.38. The van der Waals surface area contributed by atoms with Crippen LogP contribution in [0.1, 0.15) is 12.7 Å². The van der Waals surface area contributed by atoms with Crippen molar-refractivity contribution in [1.82, 2.24) is 9.97 Å². The van der Waals surface area contributed by atoms with Crippen molar-refractivity contribution in [2.45, 2.75) is 13.8 Å². The first-order valence-corrected chi connectivity index (χ1v) is 6.52. The maximum Gasteiger partial charge on any atom is 0.134 e. The van der Waals surface area contributed by atoms with Crippen LogP contribution in [-0.2, 0) is 0 Å². The van der Waals surface area contributed by atoms with Gasteiger partial charge in [-0.25, -0.2) is 9.97 Å². The molecule has 1 aromatic heterocycles. The van der Waals surface area contributed by atoms with E-state index >= 15 is 0 Å². The van der Waals surface area contributed by atoms with Gasteiger partial charge in [0.2, 0.25) is 0 Å². The van der Waals surface area contributed by atoms with E-state index in [1.807, 2.05) is 26.0 Å². The molecule has 0 aliphatic rings. The Balaban J connectivity index is 3.17. The van der Waals surface area contributed by atoms with Crippen molar-refractivity contribution in [2.24, 2.45) is 11.5 Å². The lowest BCUT2D eigenvalue weighted by atomic mass is 10.1. The number of nitrogens with zero attached hydrogens (tertiary/aromatic N) is 2. The Morgan fingerprint density at radius 3 is 2.71 bits per heavy atom. The monoisotopic (exact) mass is 283 g/mol. The normalized spacial score (nSPS) is 13.5. The minimum Gasteiger partial charge on any atom is -0.403 e. The molecule has 21 heavy (non-hydrogen) atoms. The van der Waals surface area contributed by atoms with Crippen molar-refractivity contribution in [3.63, 3.8) is 0 Å². The van der Waals surface area contributed by atoms with Crippen molar-refractivity contribution >= 4 is 5.82 Å². The zero-order valence-electron chi connectivity index (χ0n) is 12.4. The molecule has 1 rings (SSSR count). The number of hydrogen-bond acceptors (Lipinski definition) is 5. The number of allylic oxidation sites excluding steroid dienone is 5. The molecule has 5 nitrogen and oxygen atoms in total. The number of aromatic nitrogens is 2. The number of nitrogens with one attached hydrogen (secondary N) is 1. The lowest BCUT2D eigenvalue weighted by Gasteiger charge is -2.13. The fourth-order valence-corrected chi connectivity index (χ4v) is 1.64. The minimum atomic E-state index is 0.588. The highest BCUT2D eigenvalue weighted by molar-refractivity contribution is 5.55. The molecule has 0 amide bonds. The molecule has 0 aromatic carbocycles. The van der Waals surface area contributed by atoms with Crippen molar-refractivity contribution in [2.75, 3.05) is 5.32 Å². The Hall–Kier alpha value is -2.82. The molecule has 0 fully saturated rings. The van der Waals surface area contributed by atoms with E-state index in [-0.39, 0.29) is 0 Å². The van der Waals surface area contributed by atoms with Crippen molar-refractivity contribution < 1.29 is 0 Å². The molecule has 0 saturated carbocycles. The molecule has 0 bridgehead atoms. The molecule has 0 radical (unpaired) electrons. The van der Waals surface area contributed by atoms with Gasteiger partial charge in [0, 0.05) is 23.7 Å². The third-order valence-corrected chi connectivity index (χ3v) is 2.55. The zero-order valence-corrected chi connectivity index (χ0v) is 12.4. The number of nitrogens with two attached hydrogens (primary N) is 2. The van der Waals surface area contributed by atoms with E-state index in [2.05, 4.69) is 21.9 Å². The summed E-state index contributed by atoms with van der Waals surface area (Å²) in [4.78, 5) is 8.34. The van der Waals surface area contributed by atoms with Gasteiger partial charge in [0.05, 0.1) is 5.70 Å². The summed E-state index contributed by atoms with van der Waals surface area (Å²) in [5.74, 6) is 1.32. The molecule has 110 valence electrons. The van der Waals surface area contributed by atoms with Crippen LogP contribution in [0.15, 0.2) is 72.4 Å². The predicted molar refractivity (Wildman–Crippen MR) is 88.0 cm³/mol. The number of rotatable bonds is 6. The van der Waals surface area contributed by atoms with Gasteiger partial charge in [0.1, 0.15) is 11.6 Å². The zero-order chi connectivity index (χ0) is 15.7. The minimum absolute atomic E-state index is 0.588. The Labute approximate surface area is 125 Å². The van der Waals surface area contributed by atoms with E-state index in [9.17, 15) is 0 Å². The van der Waals surface area contributed by atoms with E-state index in [0.717, 1.165) is 5.57 Å². The van der Waals surface area contributed by atoms with Crippen LogP contribution in [0.5, 0.6) is 0 Å². The van der Waals surface area contributed by atoms with Gasteiger partial charge in [-0.1, -0.05) is 30.9 Å². The molecule has 0 unspecified atom stereocenters. The first-order chi connectivity index (χ1) is 10.1. The second kappa shape index (κ2) is 8.37. The summed E-state index contributed by atoms with van der Waals surface area (Å²) in [6, 6.07) is 1.76. The molecule has 0 atom stereocenters. The van der Waals surface area contributed by atoms with E-state index in [1.54, 1.807) is 30.5 Å². The van der Waals surface area contributed by atoms with E-state index in [0.29, 0.717) is 23.0 Å². The Bertz CT molecular complexity index is 609. The molecule has 0 aliphatic heterocycles. The van der Waals surface area contributed by atoms with Gasteiger partial charge in [0.25, 0.3) is 0 Å². The standard InChI is InChI=1S/C16H21N5/c1-4-6-8-13(14(18)7-5-2)15(11-17)21-16-9-10-19-12(3)20-16/h4-11H,1,17-18H2,2-3H3,(H,19,20,21)/b7-5-,8-6-,14-13-,15-11+. The number of aryl methyl sites for hydroxylation is 1. The largest absolute Gasteiger partial charge is 0.403 e. The van der Waals surface area contributed by atoms with Crippen LogP contribution in [-0.4, -0.2) is 9.97 Å². The molecule has 5 N–H and O–H groups in total. The van der Waals surface area contributed by atoms with Crippen molar-refractivity contribution in [1.29, 1.82) is 0 Å². The van der Waals surface area contributed by atoms with Crippen LogP contribution in [0.4, 0.5) is 5.82 Å². The average Bonchev–Trinajstić information content (AvgIpc) is 2.46. The van der Waals surface area contributed by atoms with Crippen LogP contribution in [0.2, 0.25) is 0 Å². The number of anilines is 1. The summed E-state index contributed by atoms with van der Waals surface area (Å²) >= 11 is 0. The Morgan fingerprint density at radius 1 is 1.38 bits per heavy atom. The quantitative estimate of drug-likeness (QED) is 0.698. The van der Waals surface area contributed by atoms with Gasteiger partial charge >= 0.3 is 0 Å². The molecule has 1 aromatic rings. The van der Waals surface area contributed by atoms with Gasteiger partial charge in [-0.2, -0.15) is 0 Å². The highest BCUT2D eigenvalue weighted by atomic mass is 15.0. The highest BCUT2D eigenvalue weighted by Crippen LogP contribution is 2.17. The Morgan fingerprint density at radius 2 is 2.14 bits per heavy atom. The maximum atomic E-state index is 6.07. The molecule has 0 spiro atoms. The van der Waals surface area contributed by atoms with Crippen LogP contribution in [0.3, 0.4) is 0 Å². The smallest absolute Gasteiger partial charge is 0.134 e. The molecular weight excluding hydrogens is 262 g/mol. The van der Waals surface area contributed by atoms with Crippen LogP contribution in [0.25, 0.3) is 0 Å². The lowest BCUT2D eigenvalue weighted by molar-refractivity contribution is 1.05. The highest BCUT2D eigenvalue weighted by Gasteiger charge is 2.07. The van der Waals surface area contributed by atoms with Gasteiger partial charge in [0.15, 0.2) is 0 Å². The van der Waals surface area contributed by atoms with Crippen LogP contribution < -0.4 is 16.8 Å².